The first-order chi connectivity index (χ1) is 7.60. The lowest BCUT2D eigenvalue weighted by molar-refractivity contribution is -0.141. The second-order valence-corrected chi connectivity index (χ2v) is 3.70. The predicted molar refractivity (Wildman–Crippen MR) is 59.1 cm³/mol. The molecule has 0 amide bonds. The normalized spacial score (nSPS) is 12.6. The number of carbonyl (C=O) groups is 2. The lowest BCUT2D eigenvalue weighted by Crippen LogP contribution is -2.12. The lowest BCUT2D eigenvalue weighted by atomic mass is 10.0. The van der Waals surface area contributed by atoms with E-state index >= 15 is 0 Å². The average molecular weight is 227 g/mol. The molecule has 16 heavy (non-hydrogen) atoms. The Hall–Kier alpha value is -1.32. The van der Waals surface area contributed by atoms with Crippen LogP contribution in [0.4, 0.5) is 0 Å². The maximum absolute atomic E-state index is 11.0. The van der Waals surface area contributed by atoms with Gasteiger partial charge in [0.1, 0.15) is 0 Å². The first-order valence-corrected chi connectivity index (χ1v) is 5.65. The smallest absolute Gasteiger partial charge is 0.379 e. The second kappa shape index (κ2) is 8.95. The fraction of sp³-hybridized carbons (Fsp3) is 0.667. The van der Waals surface area contributed by atoms with Crippen LogP contribution in [0.5, 0.6) is 0 Å². The van der Waals surface area contributed by atoms with Crippen molar-refractivity contribution in [1.82, 2.24) is 0 Å². The molecule has 4 nitrogen and oxygen atoms in total. The molecule has 0 N–H and O–H groups in total. The molecule has 0 rings (SSSR count). The maximum Gasteiger partial charge on any atom is 0.379 e. The molecule has 0 spiro atoms. The molecule has 0 fully saturated rings. The molecular formula is C12H19O4. The zero-order valence-corrected chi connectivity index (χ0v) is 9.90. The lowest BCUT2D eigenvalue weighted by Gasteiger charge is -2.13. The largest absolute Gasteiger partial charge is 0.462 e. The minimum atomic E-state index is -1.39. The molecule has 0 aliphatic carbocycles. The van der Waals surface area contributed by atoms with Gasteiger partial charge in [-0.25, -0.2) is 14.7 Å². The van der Waals surface area contributed by atoms with Crippen molar-refractivity contribution in [2.24, 2.45) is 5.92 Å². The third-order valence-electron chi connectivity index (χ3n) is 2.36. The van der Waals surface area contributed by atoms with Crippen LogP contribution in [0.1, 0.15) is 39.5 Å². The van der Waals surface area contributed by atoms with Crippen molar-refractivity contribution >= 4 is 11.9 Å². The highest BCUT2D eigenvalue weighted by Crippen LogP contribution is 2.12. The molecule has 4 heteroatoms. The number of esters is 1. The first kappa shape index (κ1) is 14.7. The number of carbonyl (C=O) groups excluding carboxylic acids is 2. The van der Waals surface area contributed by atoms with Gasteiger partial charge in [0.25, 0.3) is 0 Å². The molecule has 91 valence electrons. The van der Waals surface area contributed by atoms with Crippen molar-refractivity contribution in [3.63, 3.8) is 0 Å². The molecule has 0 aliphatic heterocycles. The van der Waals surface area contributed by atoms with E-state index in [-0.39, 0.29) is 0 Å². The van der Waals surface area contributed by atoms with Crippen molar-refractivity contribution in [3.05, 3.63) is 12.2 Å². The van der Waals surface area contributed by atoms with Crippen molar-refractivity contribution in [2.75, 3.05) is 6.61 Å². The molecule has 0 aliphatic rings. The Bertz CT molecular complexity index is 245. The number of ether oxygens (including phenoxy) is 1. The van der Waals surface area contributed by atoms with Gasteiger partial charge in [-0.1, -0.05) is 33.1 Å². The monoisotopic (exact) mass is 227 g/mol. The highest BCUT2D eigenvalue weighted by atomic mass is 16.5. The van der Waals surface area contributed by atoms with E-state index in [0.717, 1.165) is 31.8 Å². The number of hydrogen-bond donors (Lipinski definition) is 0. The van der Waals surface area contributed by atoms with E-state index < -0.39 is 11.9 Å². The molecule has 0 saturated carbocycles. The maximum atomic E-state index is 11.0. The Morgan fingerprint density at radius 3 is 2.44 bits per heavy atom. The Labute approximate surface area is 96.3 Å². The summed E-state index contributed by atoms with van der Waals surface area (Å²) in [5.41, 5.74) is 0. The Morgan fingerprint density at radius 2 is 1.94 bits per heavy atom. The summed E-state index contributed by atoms with van der Waals surface area (Å²) in [5, 5.41) is 10.0. The summed E-state index contributed by atoms with van der Waals surface area (Å²) in [6, 6.07) is 0. The van der Waals surface area contributed by atoms with E-state index in [1.54, 1.807) is 0 Å². The first-order valence-electron chi connectivity index (χ1n) is 5.65. The summed E-state index contributed by atoms with van der Waals surface area (Å²) in [4.78, 5) is 21.1. The Balaban J connectivity index is 3.83. The van der Waals surface area contributed by atoms with Crippen LogP contribution in [0.15, 0.2) is 12.2 Å². The standard InChI is InChI=1S/C12H19O4/c1-3-5-6-10(4-2)9-16-12(15)8-7-11(13)14/h7-8,10H,3-6,9H2,1-2H3/b8-7-. The van der Waals surface area contributed by atoms with Gasteiger partial charge in [-0.05, 0) is 12.3 Å². The third-order valence-corrected chi connectivity index (χ3v) is 2.36. The van der Waals surface area contributed by atoms with Crippen LogP contribution in [-0.4, -0.2) is 18.5 Å². The van der Waals surface area contributed by atoms with E-state index in [1.165, 1.54) is 0 Å². The number of unbranched alkanes of at least 4 members (excludes halogenated alkanes) is 1. The summed E-state index contributed by atoms with van der Waals surface area (Å²) in [7, 11) is 0. The predicted octanol–water partition coefficient (Wildman–Crippen LogP) is 2.26. The molecule has 0 bridgehead atoms. The molecule has 0 aromatic heterocycles. The minimum absolute atomic E-state index is 0.354. The van der Waals surface area contributed by atoms with E-state index in [1.807, 2.05) is 6.92 Å². The van der Waals surface area contributed by atoms with Crippen LogP contribution < -0.4 is 0 Å². The van der Waals surface area contributed by atoms with Crippen LogP contribution in [0, 0.1) is 5.92 Å². The van der Waals surface area contributed by atoms with Gasteiger partial charge in [-0.2, -0.15) is 0 Å². The van der Waals surface area contributed by atoms with Gasteiger partial charge in [0.2, 0.25) is 0 Å². The molecule has 1 unspecified atom stereocenters. The zero-order chi connectivity index (χ0) is 12.4. The van der Waals surface area contributed by atoms with Crippen molar-refractivity contribution in [3.8, 4) is 0 Å². The average Bonchev–Trinajstić information content (AvgIpc) is 2.26. The van der Waals surface area contributed by atoms with Gasteiger partial charge in [0, 0.05) is 12.2 Å². The van der Waals surface area contributed by atoms with Gasteiger partial charge in [-0.15, -0.1) is 0 Å². The van der Waals surface area contributed by atoms with Gasteiger partial charge in [0.05, 0.1) is 6.61 Å². The molecule has 0 saturated heterocycles. The topological polar surface area (TPSA) is 63.3 Å². The quantitative estimate of drug-likeness (QED) is 0.472. The van der Waals surface area contributed by atoms with Gasteiger partial charge in [-0.3, -0.25) is 0 Å². The highest BCUT2D eigenvalue weighted by molar-refractivity contribution is 5.90. The van der Waals surface area contributed by atoms with Crippen LogP contribution in [0.3, 0.4) is 0 Å². The van der Waals surface area contributed by atoms with E-state index in [9.17, 15) is 14.7 Å². The Kier molecular flexibility index (Phi) is 8.21. The van der Waals surface area contributed by atoms with Gasteiger partial charge in [0.15, 0.2) is 0 Å². The van der Waals surface area contributed by atoms with E-state index in [0.29, 0.717) is 18.6 Å². The highest BCUT2D eigenvalue weighted by Gasteiger charge is 2.08. The summed E-state index contributed by atoms with van der Waals surface area (Å²) < 4.78 is 4.93. The third kappa shape index (κ3) is 8.03. The number of hydrogen-bond acceptors (Lipinski definition) is 3. The molecule has 0 aromatic carbocycles. The van der Waals surface area contributed by atoms with Crippen molar-refractivity contribution in [1.29, 1.82) is 0 Å². The fourth-order valence-electron chi connectivity index (χ4n) is 1.28. The van der Waals surface area contributed by atoms with Crippen molar-refractivity contribution in [2.45, 2.75) is 39.5 Å². The Morgan fingerprint density at radius 1 is 1.25 bits per heavy atom. The van der Waals surface area contributed by atoms with Gasteiger partial charge < -0.3 is 4.74 Å². The molecular weight excluding hydrogens is 208 g/mol. The summed E-state index contributed by atoms with van der Waals surface area (Å²) in [5.74, 6) is -1.66. The molecule has 1 atom stereocenters. The zero-order valence-electron chi connectivity index (χ0n) is 9.90. The summed E-state index contributed by atoms with van der Waals surface area (Å²) in [6.07, 6.45) is 5.78. The van der Waals surface area contributed by atoms with E-state index in [4.69, 9.17) is 4.74 Å². The van der Waals surface area contributed by atoms with Crippen molar-refractivity contribution < 1.29 is 19.4 Å². The molecule has 1 radical (unpaired) electrons. The van der Waals surface area contributed by atoms with Crippen LogP contribution in [-0.2, 0) is 19.4 Å². The van der Waals surface area contributed by atoms with Crippen LogP contribution >= 0.6 is 0 Å². The summed E-state index contributed by atoms with van der Waals surface area (Å²) >= 11 is 0. The van der Waals surface area contributed by atoms with Crippen LogP contribution in [0.25, 0.3) is 0 Å². The minimum Gasteiger partial charge on any atom is -0.462 e. The summed E-state index contributed by atoms with van der Waals surface area (Å²) in [6.45, 7) is 4.51. The SMILES string of the molecule is CCCCC(CC)COC(=O)/C=C\C([O])=O. The van der Waals surface area contributed by atoms with E-state index in [2.05, 4.69) is 6.92 Å². The van der Waals surface area contributed by atoms with Crippen LogP contribution in [0.2, 0.25) is 0 Å². The fourth-order valence-corrected chi connectivity index (χ4v) is 1.28. The number of rotatable bonds is 8. The second-order valence-electron chi connectivity index (χ2n) is 3.70. The van der Waals surface area contributed by atoms with Gasteiger partial charge >= 0.3 is 11.9 Å². The molecule has 0 aromatic rings. The molecule has 0 heterocycles.